The molecular formula is C12H21N3O. The van der Waals surface area contributed by atoms with Crippen LogP contribution in [-0.2, 0) is 0 Å². The van der Waals surface area contributed by atoms with Crippen LogP contribution < -0.4 is 10.1 Å². The van der Waals surface area contributed by atoms with Gasteiger partial charge in [-0.15, -0.1) is 0 Å². The molecule has 0 spiro atoms. The van der Waals surface area contributed by atoms with Crippen molar-refractivity contribution in [1.82, 2.24) is 9.97 Å². The molecule has 90 valence electrons. The molecule has 0 aliphatic heterocycles. The molecular weight excluding hydrogens is 202 g/mol. The van der Waals surface area contributed by atoms with Crippen molar-refractivity contribution in [1.29, 1.82) is 0 Å². The highest BCUT2D eigenvalue weighted by molar-refractivity contribution is 5.50. The van der Waals surface area contributed by atoms with E-state index in [9.17, 15) is 0 Å². The minimum atomic E-state index is -0.247. The van der Waals surface area contributed by atoms with Crippen LogP contribution in [-0.4, -0.2) is 22.6 Å². The maximum Gasteiger partial charge on any atom is 0.222 e. The van der Waals surface area contributed by atoms with Gasteiger partial charge in [0.25, 0.3) is 0 Å². The number of ether oxygens (including phenoxy) is 1. The summed E-state index contributed by atoms with van der Waals surface area (Å²) in [6.07, 6.45) is 1.53. The third kappa shape index (κ3) is 3.08. The normalized spacial score (nSPS) is 11.7. The first-order chi connectivity index (χ1) is 7.35. The van der Waals surface area contributed by atoms with Gasteiger partial charge in [-0.2, -0.15) is 0 Å². The molecule has 0 aromatic carbocycles. The van der Waals surface area contributed by atoms with E-state index >= 15 is 0 Å². The topological polar surface area (TPSA) is 47.0 Å². The second-order valence-corrected chi connectivity index (χ2v) is 5.06. The first-order valence-electron chi connectivity index (χ1n) is 5.57. The maximum atomic E-state index is 5.85. The molecule has 0 unspecified atom stereocenters. The fraction of sp³-hybridized carbons (Fsp3) is 0.667. The molecule has 0 saturated carbocycles. The van der Waals surface area contributed by atoms with E-state index in [1.165, 1.54) is 6.33 Å². The Morgan fingerprint density at radius 2 is 1.88 bits per heavy atom. The minimum absolute atomic E-state index is 0.247. The Balaban J connectivity index is 3.17. The van der Waals surface area contributed by atoms with Crippen LogP contribution in [0.3, 0.4) is 0 Å². The van der Waals surface area contributed by atoms with Gasteiger partial charge in [0.05, 0.1) is 5.56 Å². The third-order valence-corrected chi connectivity index (χ3v) is 2.06. The smallest absolute Gasteiger partial charge is 0.222 e. The molecule has 1 N–H and O–H groups in total. The van der Waals surface area contributed by atoms with Gasteiger partial charge in [-0.05, 0) is 26.7 Å². The van der Waals surface area contributed by atoms with E-state index in [0.717, 1.165) is 11.4 Å². The van der Waals surface area contributed by atoms with Crippen molar-refractivity contribution in [2.75, 3.05) is 12.4 Å². The van der Waals surface area contributed by atoms with E-state index in [1.807, 2.05) is 27.8 Å². The molecule has 0 radical (unpaired) electrons. The van der Waals surface area contributed by atoms with Crippen molar-refractivity contribution in [2.45, 2.75) is 46.1 Å². The Morgan fingerprint density at radius 3 is 2.31 bits per heavy atom. The van der Waals surface area contributed by atoms with Crippen molar-refractivity contribution >= 4 is 5.82 Å². The number of rotatable bonds is 3. The van der Waals surface area contributed by atoms with Crippen LogP contribution in [0.4, 0.5) is 5.82 Å². The Bertz CT molecular complexity index is 356. The van der Waals surface area contributed by atoms with E-state index in [-0.39, 0.29) is 5.60 Å². The van der Waals surface area contributed by atoms with Gasteiger partial charge >= 0.3 is 0 Å². The summed E-state index contributed by atoms with van der Waals surface area (Å²) in [5.74, 6) is 1.83. The van der Waals surface area contributed by atoms with Crippen LogP contribution in [0.25, 0.3) is 0 Å². The summed E-state index contributed by atoms with van der Waals surface area (Å²) in [5, 5.41) is 3.07. The van der Waals surface area contributed by atoms with Gasteiger partial charge in [-0.25, -0.2) is 9.97 Å². The quantitative estimate of drug-likeness (QED) is 0.856. The molecule has 0 fully saturated rings. The molecule has 0 bridgehead atoms. The molecule has 4 nitrogen and oxygen atoms in total. The van der Waals surface area contributed by atoms with Crippen LogP contribution in [0.15, 0.2) is 6.33 Å². The first kappa shape index (κ1) is 12.7. The third-order valence-electron chi connectivity index (χ3n) is 2.06. The number of nitrogens with zero attached hydrogens (tertiary/aromatic N) is 2. The number of nitrogens with one attached hydrogen (secondary N) is 1. The molecule has 1 rings (SSSR count). The monoisotopic (exact) mass is 223 g/mol. The van der Waals surface area contributed by atoms with Gasteiger partial charge in [0, 0.05) is 7.05 Å². The number of aromatic nitrogens is 2. The Hall–Kier alpha value is -1.32. The lowest BCUT2D eigenvalue weighted by atomic mass is 10.0. The molecule has 1 heterocycles. The fourth-order valence-electron chi connectivity index (χ4n) is 1.47. The summed E-state index contributed by atoms with van der Waals surface area (Å²) in [7, 11) is 1.86. The number of hydrogen-bond acceptors (Lipinski definition) is 4. The van der Waals surface area contributed by atoms with Crippen molar-refractivity contribution in [2.24, 2.45) is 0 Å². The van der Waals surface area contributed by atoms with Crippen molar-refractivity contribution in [3.8, 4) is 5.88 Å². The maximum absolute atomic E-state index is 5.85. The van der Waals surface area contributed by atoms with E-state index in [4.69, 9.17) is 4.74 Å². The standard InChI is InChI=1S/C12H21N3O/c1-8(2)9-10(13-6)14-7-15-11(9)16-12(3,4)5/h7-8H,1-6H3,(H,13,14,15). The lowest BCUT2D eigenvalue weighted by molar-refractivity contribution is 0.122. The summed E-state index contributed by atoms with van der Waals surface area (Å²) in [5.41, 5.74) is 0.781. The fourth-order valence-corrected chi connectivity index (χ4v) is 1.47. The lowest BCUT2D eigenvalue weighted by Crippen LogP contribution is -2.25. The molecule has 0 atom stereocenters. The van der Waals surface area contributed by atoms with E-state index in [0.29, 0.717) is 11.8 Å². The largest absolute Gasteiger partial charge is 0.472 e. The highest BCUT2D eigenvalue weighted by Gasteiger charge is 2.20. The van der Waals surface area contributed by atoms with Gasteiger partial charge in [-0.1, -0.05) is 13.8 Å². The average molecular weight is 223 g/mol. The summed E-state index contributed by atoms with van der Waals surface area (Å²) in [4.78, 5) is 8.43. The zero-order valence-electron chi connectivity index (χ0n) is 11.0. The molecule has 1 aromatic heterocycles. The van der Waals surface area contributed by atoms with Crippen LogP contribution >= 0.6 is 0 Å². The van der Waals surface area contributed by atoms with Crippen LogP contribution in [0.1, 0.15) is 46.1 Å². The average Bonchev–Trinajstić information content (AvgIpc) is 2.14. The van der Waals surface area contributed by atoms with Crippen molar-refractivity contribution in [3.05, 3.63) is 11.9 Å². The second kappa shape index (κ2) is 4.68. The Kier molecular flexibility index (Phi) is 3.73. The lowest BCUT2D eigenvalue weighted by Gasteiger charge is -2.24. The molecule has 0 saturated heterocycles. The second-order valence-electron chi connectivity index (χ2n) is 5.06. The van der Waals surface area contributed by atoms with Gasteiger partial charge in [-0.3, -0.25) is 0 Å². The summed E-state index contributed by atoms with van der Waals surface area (Å²) in [6.45, 7) is 10.2. The highest BCUT2D eigenvalue weighted by Crippen LogP contribution is 2.31. The number of anilines is 1. The predicted octanol–water partition coefficient (Wildman–Crippen LogP) is 2.82. The predicted molar refractivity (Wildman–Crippen MR) is 66.0 cm³/mol. The van der Waals surface area contributed by atoms with Crippen LogP contribution in [0.5, 0.6) is 5.88 Å². The van der Waals surface area contributed by atoms with Gasteiger partial charge in [0.2, 0.25) is 5.88 Å². The Morgan fingerprint density at radius 1 is 1.25 bits per heavy atom. The van der Waals surface area contributed by atoms with E-state index in [1.54, 1.807) is 0 Å². The van der Waals surface area contributed by atoms with E-state index < -0.39 is 0 Å². The van der Waals surface area contributed by atoms with Gasteiger partial charge in [0.15, 0.2) is 0 Å². The van der Waals surface area contributed by atoms with Gasteiger partial charge in [0.1, 0.15) is 17.7 Å². The SMILES string of the molecule is CNc1ncnc(OC(C)(C)C)c1C(C)C. The van der Waals surface area contributed by atoms with Crippen LogP contribution in [0, 0.1) is 0 Å². The molecule has 4 heteroatoms. The number of hydrogen-bond donors (Lipinski definition) is 1. The van der Waals surface area contributed by atoms with E-state index in [2.05, 4.69) is 29.1 Å². The first-order valence-corrected chi connectivity index (χ1v) is 5.57. The molecule has 1 aromatic rings. The van der Waals surface area contributed by atoms with Crippen molar-refractivity contribution in [3.63, 3.8) is 0 Å². The summed E-state index contributed by atoms with van der Waals surface area (Å²) >= 11 is 0. The highest BCUT2D eigenvalue weighted by atomic mass is 16.5. The summed E-state index contributed by atoms with van der Waals surface area (Å²) in [6, 6.07) is 0. The summed E-state index contributed by atoms with van der Waals surface area (Å²) < 4.78 is 5.85. The molecule has 0 aliphatic rings. The molecule has 0 amide bonds. The minimum Gasteiger partial charge on any atom is -0.472 e. The molecule has 16 heavy (non-hydrogen) atoms. The van der Waals surface area contributed by atoms with Crippen LogP contribution in [0.2, 0.25) is 0 Å². The van der Waals surface area contributed by atoms with Crippen molar-refractivity contribution < 1.29 is 4.74 Å². The zero-order valence-corrected chi connectivity index (χ0v) is 11.0. The zero-order chi connectivity index (χ0) is 12.3. The molecule has 0 aliphatic carbocycles. The Labute approximate surface area is 97.5 Å². The van der Waals surface area contributed by atoms with Gasteiger partial charge < -0.3 is 10.1 Å².